The molecule has 1 unspecified atom stereocenters. The fraction of sp³-hybridized carbons (Fsp3) is 1.00. The first-order chi connectivity index (χ1) is 6.79. The van der Waals surface area contributed by atoms with E-state index in [1.165, 1.54) is 39.0 Å². The van der Waals surface area contributed by atoms with Gasteiger partial charge in [-0.25, -0.2) is 0 Å². The average molecular weight is 198 g/mol. The normalized spacial score (nSPS) is 27.9. The van der Waals surface area contributed by atoms with Gasteiger partial charge in [0, 0.05) is 45.4 Å². The van der Waals surface area contributed by atoms with E-state index in [4.69, 9.17) is 5.11 Å². The van der Waals surface area contributed by atoms with E-state index in [9.17, 15) is 0 Å². The van der Waals surface area contributed by atoms with E-state index < -0.39 is 0 Å². The third-order valence-electron chi connectivity index (χ3n) is 3.35. The summed E-state index contributed by atoms with van der Waals surface area (Å²) in [5.41, 5.74) is 0. The van der Waals surface area contributed by atoms with E-state index in [2.05, 4.69) is 16.7 Å². The second kappa shape index (κ2) is 4.60. The Kier molecular flexibility index (Phi) is 3.42. The Balaban J connectivity index is 1.67. The number of hydrogen-bond acceptors (Lipinski definition) is 3. The molecule has 82 valence electrons. The molecule has 0 radical (unpaired) electrons. The van der Waals surface area contributed by atoms with Crippen LogP contribution < -0.4 is 0 Å². The summed E-state index contributed by atoms with van der Waals surface area (Å²) in [5.74, 6) is 0.433. The van der Waals surface area contributed by atoms with Gasteiger partial charge in [0.2, 0.25) is 0 Å². The first kappa shape index (κ1) is 10.4. The molecule has 1 aliphatic heterocycles. The predicted molar refractivity (Wildman–Crippen MR) is 57.3 cm³/mol. The maximum absolute atomic E-state index is 8.98. The summed E-state index contributed by atoms with van der Waals surface area (Å²) < 4.78 is 0. The van der Waals surface area contributed by atoms with Gasteiger partial charge in [-0.15, -0.1) is 0 Å². The molecule has 0 spiro atoms. The minimum absolute atomic E-state index is 0.322. The Morgan fingerprint density at radius 3 is 2.36 bits per heavy atom. The van der Waals surface area contributed by atoms with Gasteiger partial charge in [-0.05, 0) is 18.8 Å². The number of hydrogen-bond donors (Lipinski definition) is 1. The van der Waals surface area contributed by atoms with Crippen molar-refractivity contribution in [3.05, 3.63) is 0 Å². The standard InChI is InChI=1S/C11H22N2O/c1-10(9-14)8-12-4-6-13(7-5-12)11-2-3-11/h10-11,14H,2-9H2,1H3. The summed E-state index contributed by atoms with van der Waals surface area (Å²) in [6, 6.07) is 0.924. The van der Waals surface area contributed by atoms with Crippen LogP contribution in [0.5, 0.6) is 0 Å². The molecule has 2 rings (SSSR count). The monoisotopic (exact) mass is 198 g/mol. The summed E-state index contributed by atoms with van der Waals surface area (Å²) in [6.45, 7) is 8.37. The van der Waals surface area contributed by atoms with Crippen molar-refractivity contribution >= 4 is 0 Å². The van der Waals surface area contributed by atoms with Crippen LogP contribution >= 0.6 is 0 Å². The second-order valence-electron chi connectivity index (χ2n) is 4.86. The van der Waals surface area contributed by atoms with Gasteiger partial charge in [0.25, 0.3) is 0 Å². The van der Waals surface area contributed by atoms with E-state index >= 15 is 0 Å². The summed E-state index contributed by atoms with van der Waals surface area (Å²) in [7, 11) is 0. The van der Waals surface area contributed by atoms with Gasteiger partial charge in [-0.1, -0.05) is 6.92 Å². The zero-order chi connectivity index (χ0) is 9.97. The molecule has 1 heterocycles. The SMILES string of the molecule is CC(CO)CN1CCN(C2CC2)CC1. The zero-order valence-electron chi connectivity index (χ0n) is 9.15. The minimum Gasteiger partial charge on any atom is -0.396 e. The van der Waals surface area contributed by atoms with Crippen molar-refractivity contribution in [2.24, 2.45) is 5.92 Å². The largest absolute Gasteiger partial charge is 0.396 e. The number of aliphatic hydroxyl groups excluding tert-OH is 1. The Morgan fingerprint density at radius 2 is 1.86 bits per heavy atom. The Morgan fingerprint density at radius 1 is 1.21 bits per heavy atom. The quantitative estimate of drug-likeness (QED) is 0.708. The maximum atomic E-state index is 8.98. The fourth-order valence-corrected chi connectivity index (χ4v) is 2.25. The topological polar surface area (TPSA) is 26.7 Å². The van der Waals surface area contributed by atoms with Crippen LogP contribution in [0.15, 0.2) is 0 Å². The predicted octanol–water partition coefficient (Wildman–Crippen LogP) is 0.395. The lowest BCUT2D eigenvalue weighted by Gasteiger charge is -2.35. The Bertz CT molecular complexity index is 174. The zero-order valence-corrected chi connectivity index (χ0v) is 9.15. The third kappa shape index (κ3) is 2.69. The summed E-state index contributed by atoms with van der Waals surface area (Å²) in [4.78, 5) is 5.11. The van der Waals surface area contributed by atoms with Crippen LogP contribution in [0.2, 0.25) is 0 Å². The van der Waals surface area contributed by atoms with Gasteiger partial charge in [-0.3, -0.25) is 4.90 Å². The smallest absolute Gasteiger partial charge is 0.0468 e. The molecule has 0 aromatic carbocycles. The van der Waals surface area contributed by atoms with Crippen molar-refractivity contribution in [3.63, 3.8) is 0 Å². The Hall–Kier alpha value is -0.120. The number of aliphatic hydroxyl groups is 1. The lowest BCUT2D eigenvalue weighted by atomic mass is 10.1. The third-order valence-corrected chi connectivity index (χ3v) is 3.35. The van der Waals surface area contributed by atoms with E-state index in [-0.39, 0.29) is 0 Å². The number of nitrogens with zero attached hydrogens (tertiary/aromatic N) is 2. The van der Waals surface area contributed by atoms with Crippen molar-refractivity contribution in [2.75, 3.05) is 39.3 Å². The molecule has 14 heavy (non-hydrogen) atoms. The first-order valence-corrected chi connectivity index (χ1v) is 5.87. The van der Waals surface area contributed by atoms with Crippen LogP contribution in [0.4, 0.5) is 0 Å². The van der Waals surface area contributed by atoms with Gasteiger partial charge in [-0.2, -0.15) is 0 Å². The van der Waals surface area contributed by atoms with Crippen molar-refractivity contribution in [3.8, 4) is 0 Å². The minimum atomic E-state index is 0.322. The van der Waals surface area contributed by atoms with Crippen molar-refractivity contribution in [1.29, 1.82) is 0 Å². The van der Waals surface area contributed by atoms with Gasteiger partial charge in [0.15, 0.2) is 0 Å². The lowest BCUT2D eigenvalue weighted by Crippen LogP contribution is -2.48. The molecule has 1 aliphatic carbocycles. The molecule has 2 fully saturated rings. The second-order valence-corrected chi connectivity index (χ2v) is 4.86. The number of piperazine rings is 1. The molecule has 0 bridgehead atoms. The molecule has 0 aromatic heterocycles. The molecule has 0 aromatic rings. The van der Waals surface area contributed by atoms with Crippen LogP contribution in [0, 0.1) is 5.92 Å². The van der Waals surface area contributed by atoms with Crippen LogP contribution in [-0.2, 0) is 0 Å². The van der Waals surface area contributed by atoms with E-state index in [0.29, 0.717) is 12.5 Å². The fourth-order valence-electron chi connectivity index (χ4n) is 2.25. The lowest BCUT2D eigenvalue weighted by molar-refractivity contribution is 0.101. The van der Waals surface area contributed by atoms with E-state index in [0.717, 1.165) is 12.6 Å². The molecule has 0 amide bonds. The van der Waals surface area contributed by atoms with Crippen LogP contribution in [-0.4, -0.2) is 60.3 Å². The van der Waals surface area contributed by atoms with Crippen LogP contribution in [0.25, 0.3) is 0 Å². The van der Waals surface area contributed by atoms with Crippen LogP contribution in [0.3, 0.4) is 0 Å². The molecular weight excluding hydrogens is 176 g/mol. The van der Waals surface area contributed by atoms with E-state index in [1.54, 1.807) is 0 Å². The van der Waals surface area contributed by atoms with Gasteiger partial charge in [0.1, 0.15) is 0 Å². The molecule has 1 saturated carbocycles. The van der Waals surface area contributed by atoms with Crippen molar-refractivity contribution < 1.29 is 5.11 Å². The molecule has 2 aliphatic rings. The molecule has 1 N–H and O–H groups in total. The average Bonchev–Trinajstić information content (AvgIpc) is 3.02. The van der Waals surface area contributed by atoms with Gasteiger partial charge >= 0.3 is 0 Å². The van der Waals surface area contributed by atoms with Gasteiger partial charge in [0.05, 0.1) is 0 Å². The van der Waals surface area contributed by atoms with Crippen LogP contribution in [0.1, 0.15) is 19.8 Å². The molecular formula is C11H22N2O. The molecule has 3 heteroatoms. The van der Waals surface area contributed by atoms with E-state index in [1.807, 2.05) is 0 Å². The van der Waals surface area contributed by atoms with Crippen molar-refractivity contribution in [1.82, 2.24) is 9.80 Å². The summed E-state index contributed by atoms with van der Waals surface area (Å²) >= 11 is 0. The highest BCUT2D eigenvalue weighted by atomic mass is 16.3. The van der Waals surface area contributed by atoms with Gasteiger partial charge < -0.3 is 10.0 Å². The molecule has 1 atom stereocenters. The molecule has 3 nitrogen and oxygen atoms in total. The highest BCUT2D eigenvalue weighted by Crippen LogP contribution is 2.27. The first-order valence-electron chi connectivity index (χ1n) is 5.87. The van der Waals surface area contributed by atoms with Crippen molar-refractivity contribution in [2.45, 2.75) is 25.8 Å². The summed E-state index contributed by atoms with van der Waals surface area (Å²) in [5, 5.41) is 8.98. The highest BCUT2D eigenvalue weighted by Gasteiger charge is 2.31. The maximum Gasteiger partial charge on any atom is 0.0468 e. The Labute approximate surface area is 86.7 Å². The molecule has 1 saturated heterocycles. The number of rotatable bonds is 4. The summed E-state index contributed by atoms with van der Waals surface area (Å²) in [6.07, 6.45) is 2.85. The highest BCUT2D eigenvalue weighted by molar-refractivity contribution is 4.87.